The van der Waals surface area contributed by atoms with Crippen LogP contribution in [-0.4, -0.2) is 29.1 Å². The van der Waals surface area contributed by atoms with Crippen molar-refractivity contribution in [2.24, 2.45) is 7.05 Å². The van der Waals surface area contributed by atoms with E-state index in [0.29, 0.717) is 35.5 Å². The lowest BCUT2D eigenvalue weighted by molar-refractivity contribution is 0.120. The van der Waals surface area contributed by atoms with Gasteiger partial charge >= 0.3 is 0 Å². The van der Waals surface area contributed by atoms with Crippen LogP contribution in [0.5, 0.6) is 0 Å². The first-order chi connectivity index (χ1) is 11.9. The Morgan fingerprint density at radius 3 is 2.48 bits per heavy atom. The van der Waals surface area contributed by atoms with Crippen LogP contribution in [0.15, 0.2) is 18.2 Å². The minimum Gasteiger partial charge on any atom is -0.377 e. The third-order valence-corrected chi connectivity index (χ3v) is 4.69. The molecule has 3 atom stereocenters. The van der Waals surface area contributed by atoms with Crippen molar-refractivity contribution in [1.29, 1.82) is 0 Å². The Bertz CT molecular complexity index is 742. The zero-order valence-corrected chi connectivity index (χ0v) is 14.5. The second kappa shape index (κ2) is 7.07. The molecule has 3 rings (SSSR count). The van der Waals surface area contributed by atoms with Crippen LogP contribution in [0.25, 0.3) is 11.3 Å². The van der Waals surface area contributed by atoms with Gasteiger partial charge in [-0.1, -0.05) is 0 Å². The first kappa shape index (κ1) is 17.8. The van der Waals surface area contributed by atoms with E-state index in [9.17, 15) is 13.2 Å². The van der Waals surface area contributed by atoms with E-state index < -0.39 is 17.8 Å². The predicted octanol–water partition coefficient (Wildman–Crippen LogP) is 4.38. The number of halogens is 3. The van der Waals surface area contributed by atoms with Crippen LogP contribution in [0.4, 0.5) is 19.0 Å². The molecule has 1 N–H and O–H groups in total. The Balaban J connectivity index is 2.05. The number of aromatic nitrogens is 2. The lowest BCUT2D eigenvalue weighted by atomic mass is 10.0. The second-order valence-corrected chi connectivity index (χ2v) is 6.52. The zero-order chi connectivity index (χ0) is 18.1. The first-order valence-corrected chi connectivity index (χ1v) is 8.35. The van der Waals surface area contributed by atoms with E-state index in [0.717, 1.165) is 12.5 Å². The normalized spacial score (nSPS) is 21.5. The molecule has 1 aliphatic carbocycles. The zero-order valence-electron chi connectivity index (χ0n) is 14.5. The Labute approximate surface area is 145 Å². The molecule has 1 fully saturated rings. The van der Waals surface area contributed by atoms with E-state index in [4.69, 9.17) is 4.74 Å². The lowest BCUT2D eigenvalue weighted by Gasteiger charge is -2.17. The molecular weight excluding hydrogens is 331 g/mol. The molecule has 4 nitrogen and oxygen atoms in total. The average Bonchev–Trinajstić information content (AvgIpc) is 3.09. The predicted molar refractivity (Wildman–Crippen MR) is 90.1 cm³/mol. The van der Waals surface area contributed by atoms with Crippen LogP contribution >= 0.6 is 0 Å². The van der Waals surface area contributed by atoms with Gasteiger partial charge in [-0.25, -0.2) is 13.2 Å². The molecule has 0 bridgehead atoms. The summed E-state index contributed by atoms with van der Waals surface area (Å²) in [6.07, 6.45) is 0.534. The number of nitrogens with zero attached hydrogens (tertiary/aromatic N) is 2. The number of aryl methyl sites for hydroxylation is 1. The van der Waals surface area contributed by atoms with Crippen molar-refractivity contribution in [2.45, 2.75) is 44.5 Å². The van der Waals surface area contributed by atoms with E-state index in [1.807, 2.05) is 6.92 Å². The molecule has 0 aliphatic heterocycles. The van der Waals surface area contributed by atoms with Gasteiger partial charge in [0.25, 0.3) is 0 Å². The Kier molecular flexibility index (Phi) is 5.03. The summed E-state index contributed by atoms with van der Waals surface area (Å²) in [6.45, 7) is 1.84. The molecule has 0 spiro atoms. The highest BCUT2D eigenvalue weighted by atomic mass is 19.1. The van der Waals surface area contributed by atoms with Crippen LogP contribution < -0.4 is 5.32 Å². The third kappa shape index (κ3) is 3.66. The molecule has 2 aromatic rings. The van der Waals surface area contributed by atoms with E-state index in [-0.39, 0.29) is 12.1 Å². The minimum absolute atomic E-state index is 0.00944. The number of methoxy groups -OCH3 is 1. The van der Waals surface area contributed by atoms with Crippen LogP contribution in [0, 0.1) is 11.6 Å². The van der Waals surface area contributed by atoms with Gasteiger partial charge in [0, 0.05) is 31.8 Å². The summed E-state index contributed by atoms with van der Waals surface area (Å²) in [6, 6.07) is 3.36. The summed E-state index contributed by atoms with van der Waals surface area (Å²) in [4.78, 5) is 0. The lowest BCUT2D eigenvalue weighted by Crippen LogP contribution is -2.17. The molecule has 1 aromatic carbocycles. The standard InChI is InChI=1S/C18H22F3N3O/c1-10(25-3)16-17(11-6-13(20)8-14(21)7-11)24(2)23-18(16)22-15-5-4-12(19)9-15/h6-8,10,12,15H,4-5,9H2,1-3H3,(H,22,23)/t10?,12-,15+/m1/s1. The number of hydrogen-bond donors (Lipinski definition) is 1. The summed E-state index contributed by atoms with van der Waals surface area (Å²) in [5.41, 5.74) is 1.66. The van der Waals surface area contributed by atoms with Crippen LogP contribution in [0.2, 0.25) is 0 Å². The molecule has 1 heterocycles. The van der Waals surface area contributed by atoms with E-state index in [1.54, 1.807) is 18.8 Å². The van der Waals surface area contributed by atoms with Crippen molar-refractivity contribution in [2.75, 3.05) is 12.4 Å². The summed E-state index contributed by atoms with van der Waals surface area (Å²) in [5.74, 6) is -0.744. The fourth-order valence-corrected chi connectivity index (χ4v) is 3.43. The molecular formula is C18H22F3N3O. The van der Waals surface area contributed by atoms with E-state index >= 15 is 0 Å². The van der Waals surface area contributed by atoms with E-state index in [1.165, 1.54) is 12.1 Å². The molecule has 0 saturated heterocycles. The number of rotatable bonds is 5. The maximum atomic E-state index is 13.7. The Morgan fingerprint density at radius 2 is 1.92 bits per heavy atom. The molecule has 1 aromatic heterocycles. The van der Waals surface area contributed by atoms with Crippen molar-refractivity contribution in [1.82, 2.24) is 9.78 Å². The Morgan fingerprint density at radius 1 is 1.24 bits per heavy atom. The molecule has 1 aliphatic rings. The van der Waals surface area contributed by atoms with Gasteiger partial charge < -0.3 is 10.1 Å². The van der Waals surface area contributed by atoms with Crippen molar-refractivity contribution >= 4 is 5.82 Å². The maximum absolute atomic E-state index is 13.7. The third-order valence-electron chi connectivity index (χ3n) is 4.69. The molecule has 0 amide bonds. The largest absolute Gasteiger partial charge is 0.377 e. The van der Waals surface area contributed by atoms with Crippen LogP contribution in [0.1, 0.15) is 37.9 Å². The van der Waals surface area contributed by atoms with Crippen LogP contribution in [0.3, 0.4) is 0 Å². The average molecular weight is 353 g/mol. The maximum Gasteiger partial charge on any atom is 0.154 e. The van der Waals surface area contributed by atoms with Crippen molar-refractivity contribution in [3.63, 3.8) is 0 Å². The summed E-state index contributed by atoms with van der Waals surface area (Å²) in [5, 5.41) is 7.74. The van der Waals surface area contributed by atoms with Gasteiger partial charge in [0.1, 0.15) is 17.8 Å². The number of hydrogen-bond acceptors (Lipinski definition) is 3. The summed E-state index contributed by atoms with van der Waals surface area (Å²) in [7, 11) is 3.27. The molecule has 1 unspecified atom stereocenters. The molecule has 0 radical (unpaired) electrons. The fourth-order valence-electron chi connectivity index (χ4n) is 3.43. The molecule has 1 saturated carbocycles. The van der Waals surface area contributed by atoms with Crippen molar-refractivity contribution in [3.8, 4) is 11.3 Å². The topological polar surface area (TPSA) is 39.1 Å². The van der Waals surface area contributed by atoms with Crippen molar-refractivity contribution in [3.05, 3.63) is 35.4 Å². The highest BCUT2D eigenvalue weighted by Crippen LogP contribution is 2.37. The smallest absolute Gasteiger partial charge is 0.154 e. The number of ether oxygens (including phenoxy) is 1. The van der Waals surface area contributed by atoms with Gasteiger partial charge in [0.2, 0.25) is 0 Å². The van der Waals surface area contributed by atoms with Gasteiger partial charge in [-0.2, -0.15) is 5.10 Å². The SMILES string of the molecule is COC(C)c1c(N[C@H]2CC[C@@H](F)C2)nn(C)c1-c1cc(F)cc(F)c1. The number of benzene rings is 1. The van der Waals surface area contributed by atoms with Crippen molar-refractivity contribution < 1.29 is 17.9 Å². The van der Waals surface area contributed by atoms with Crippen LogP contribution in [-0.2, 0) is 11.8 Å². The van der Waals surface area contributed by atoms with Gasteiger partial charge in [-0.15, -0.1) is 0 Å². The number of nitrogens with one attached hydrogen (secondary N) is 1. The fraction of sp³-hybridized carbons (Fsp3) is 0.500. The molecule has 7 heteroatoms. The van der Waals surface area contributed by atoms with Gasteiger partial charge in [0.05, 0.1) is 17.4 Å². The monoisotopic (exact) mass is 353 g/mol. The quantitative estimate of drug-likeness (QED) is 0.867. The number of anilines is 1. The summed E-state index contributed by atoms with van der Waals surface area (Å²) < 4.78 is 47.8. The van der Waals surface area contributed by atoms with Gasteiger partial charge in [0.15, 0.2) is 5.82 Å². The van der Waals surface area contributed by atoms with Gasteiger partial charge in [-0.3, -0.25) is 4.68 Å². The number of alkyl halides is 1. The highest BCUT2D eigenvalue weighted by Gasteiger charge is 2.28. The molecule has 25 heavy (non-hydrogen) atoms. The van der Waals surface area contributed by atoms with Gasteiger partial charge in [-0.05, 0) is 38.3 Å². The summed E-state index contributed by atoms with van der Waals surface area (Å²) >= 11 is 0. The van der Waals surface area contributed by atoms with E-state index in [2.05, 4.69) is 10.4 Å². The molecule has 136 valence electrons. The minimum atomic E-state index is -0.804. The second-order valence-electron chi connectivity index (χ2n) is 6.52. The highest BCUT2D eigenvalue weighted by molar-refractivity contribution is 5.70. The first-order valence-electron chi connectivity index (χ1n) is 8.35. The Hall–Kier alpha value is -2.02.